The standard InChI is InChI=1S/C23H22N2O/c1-15-14-16(22(26)21-17(15)8-7-13-24-21)11-12-20-23(2,3)18-9-5-6-10-19(18)25(20)4/h5-14H,1-4H3/p+1. The average Bonchev–Trinajstić information content (AvgIpc) is 2.84. The molecular formula is C23H23N2O+. The van der Waals surface area contributed by atoms with Crippen LogP contribution in [0, 0.1) is 6.92 Å². The molecule has 0 saturated heterocycles. The van der Waals surface area contributed by atoms with Gasteiger partial charge in [0.05, 0.1) is 5.41 Å². The van der Waals surface area contributed by atoms with Gasteiger partial charge in [0, 0.05) is 34.9 Å². The van der Waals surface area contributed by atoms with Crippen molar-refractivity contribution in [2.75, 3.05) is 7.05 Å². The number of allylic oxidation sites excluding steroid dienone is 1. The Morgan fingerprint density at radius 3 is 2.62 bits per heavy atom. The van der Waals surface area contributed by atoms with Gasteiger partial charge in [0.1, 0.15) is 18.3 Å². The number of phenols is 1. The van der Waals surface area contributed by atoms with E-state index in [1.165, 1.54) is 17.0 Å². The number of phenolic OH excluding ortho intramolecular Hbond substituents is 1. The molecule has 2 heterocycles. The van der Waals surface area contributed by atoms with Crippen molar-refractivity contribution >= 4 is 28.4 Å². The van der Waals surface area contributed by atoms with Gasteiger partial charge in [-0.1, -0.05) is 24.3 Å². The first-order chi connectivity index (χ1) is 12.4. The fourth-order valence-corrected chi connectivity index (χ4v) is 4.03. The van der Waals surface area contributed by atoms with Crippen LogP contribution >= 0.6 is 0 Å². The van der Waals surface area contributed by atoms with Gasteiger partial charge in [0.15, 0.2) is 5.71 Å². The summed E-state index contributed by atoms with van der Waals surface area (Å²) in [4.78, 5) is 4.36. The Morgan fingerprint density at radius 2 is 1.85 bits per heavy atom. The molecule has 1 aliphatic rings. The zero-order chi connectivity index (χ0) is 18.5. The van der Waals surface area contributed by atoms with Crippen molar-refractivity contribution in [3.63, 3.8) is 0 Å². The summed E-state index contributed by atoms with van der Waals surface area (Å²) in [7, 11) is 2.10. The molecule has 0 saturated carbocycles. The smallest absolute Gasteiger partial charge is 0.209 e. The highest BCUT2D eigenvalue weighted by Crippen LogP contribution is 2.39. The monoisotopic (exact) mass is 343 g/mol. The van der Waals surface area contributed by atoms with Crippen LogP contribution in [0.15, 0.2) is 54.7 Å². The number of rotatable bonds is 2. The number of hydrogen-bond acceptors (Lipinski definition) is 2. The summed E-state index contributed by atoms with van der Waals surface area (Å²) in [6, 6.07) is 14.4. The Balaban J connectivity index is 1.82. The average molecular weight is 343 g/mol. The molecule has 0 radical (unpaired) electrons. The van der Waals surface area contributed by atoms with E-state index in [4.69, 9.17) is 0 Å². The highest BCUT2D eigenvalue weighted by molar-refractivity contribution is 6.06. The van der Waals surface area contributed by atoms with Gasteiger partial charge in [-0.3, -0.25) is 4.98 Å². The maximum atomic E-state index is 10.7. The van der Waals surface area contributed by atoms with Crippen molar-refractivity contribution in [1.29, 1.82) is 0 Å². The Labute approximate surface area is 154 Å². The molecular weight excluding hydrogens is 320 g/mol. The second-order valence-corrected chi connectivity index (χ2v) is 7.45. The third kappa shape index (κ3) is 2.35. The number of aromatic nitrogens is 1. The van der Waals surface area contributed by atoms with E-state index in [-0.39, 0.29) is 11.2 Å². The SMILES string of the molecule is Cc1cc(C=CC2=[N+](C)c3ccccc3C2(C)C)c(O)c2ncccc12. The van der Waals surface area contributed by atoms with Gasteiger partial charge in [-0.2, -0.15) is 4.58 Å². The third-order valence-corrected chi connectivity index (χ3v) is 5.46. The molecule has 0 bridgehead atoms. The lowest BCUT2D eigenvalue weighted by molar-refractivity contribution is -0.401. The molecule has 2 aromatic carbocycles. The van der Waals surface area contributed by atoms with E-state index in [9.17, 15) is 5.11 Å². The molecule has 1 aromatic heterocycles. The van der Waals surface area contributed by atoms with Crippen LogP contribution in [0.4, 0.5) is 5.69 Å². The normalized spacial score (nSPS) is 15.8. The molecule has 0 aliphatic carbocycles. The first-order valence-corrected chi connectivity index (χ1v) is 8.87. The van der Waals surface area contributed by atoms with E-state index in [1.54, 1.807) is 6.20 Å². The Bertz CT molecular complexity index is 1090. The first-order valence-electron chi connectivity index (χ1n) is 8.87. The second kappa shape index (κ2) is 5.80. The van der Waals surface area contributed by atoms with Crippen LogP contribution in [-0.2, 0) is 5.41 Å². The van der Waals surface area contributed by atoms with Crippen molar-refractivity contribution < 1.29 is 9.68 Å². The van der Waals surface area contributed by atoms with Gasteiger partial charge < -0.3 is 5.11 Å². The first kappa shape index (κ1) is 16.5. The van der Waals surface area contributed by atoms with Crippen LogP contribution in [0.5, 0.6) is 5.75 Å². The number of pyridine rings is 1. The number of nitrogens with zero attached hydrogens (tertiary/aromatic N) is 2. The Morgan fingerprint density at radius 1 is 1.08 bits per heavy atom. The molecule has 3 aromatic rings. The lowest BCUT2D eigenvalue weighted by Gasteiger charge is -2.15. The molecule has 4 rings (SSSR count). The minimum Gasteiger partial charge on any atom is -0.505 e. The zero-order valence-corrected chi connectivity index (χ0v) is 15.6. The minimum atomic E-state index is -0.0817. The van der Waals surface area contributed by atoms with Crippen molar-refractivity contribution in [2.45, 2.75) is 26.2 Å². The van der Waals surface area contributed by atoms with E-state index in [0.717, 1.165) is 16.5 Å². The highest BCUT2D eigenvalue weighted by atomic mass is 16.3. The van der Waals surface area contributed by atoms with Crippen molar-refractivity contribution in [3.05, 3.63) is 71.4 Å². The summed E-state index contributed by atoms with van der Waals surface area (Å²) >= 11 is 0. The van der Waals surface area contributed by atoms with Gasteiger partial charge in [-0.15, -0.1) is 0 Å². The second-order valence-electron chi connectivity index (χ2n) is 7.45. The summed E-state index contributed by atoms with van der Waals surface area (Å²) in [5.41, 5.74) is 6.23. The predicted octanol–water partition coefficient (Wildman–Crippen LogP) is 4.97. The predicted molar refractivity (Wildman–Crippen MR) is 107 cm³/mol. The lowest BCUT2D eigenvalue weighted by atomic mass is 9.81. The van der Waals surface area contributed by atoms with Gasteiger partial charge in [0.25, 0.3) is 0 Å². The molecule has 1 N–H and O–H groups in total. The topological polar surface area (TPSA) is 36.1 Å². The summed E-state index contributed by atoms with van der Waals surface area (Å²) in [6.45, 7) is 6.53. The van der Waals surface area contributed by atoms with Crippen LogP contribution < -0.4 is 0 Å². The molecule has 0 amide bonds. The van der Waals surface area contributed by atoms with Crippen LogP contribution in [-0.4, -0.2) is 27.4 Å². The van der Waals surface area contributed by atoms with E-state index in [0.29, 0.717) is 5.52 Å². The Kier molecular flexibility index (Phi) is 3.69. The fraction of sp³-hybridized carbons (Fsp3) is 0.217. The molecule has 0 unspecified atom stereocenters. The maximum absolute atomic E-state index is 10.7. The fourth-order valence-electron chi connectivity index (χ4n) is 4.03. The van der Waals surface area contributed by atoms with E-state index in [1.807, 2.05) is 24.3 Å². The molecule has 26 heavy (non-hydrogen) atoms. The van der Waals surface area contributed by atoms with Gasteiger partial charge in [-0.25, -0.2) is 0 Å². The molecule has 3 heteroatoms. The van der Waals surface area contributed by atoms with Crippen LogP contribution in [0.2, 0.25) is 0 Å². The molecule has 0 spiro atoms. The van der Waals surface area contributed by atoms with Crippen molar-refractivity contribution in [1.82, 2.24) is 4.98 Å². The van der Waals surface area contributed by atoms with Crippen LogP contribution in [0.1, 0.15) is 30.5 Å². The number of aromatic hydroxyl groups is 1. The third-order valence-electron chi connectivity index (χ3n) is 5.46. The van der Waals surface area contributed by atoms with E-state index >= 15 is 0 Å². The number of aryl methyl sites for hydroxylation is 1. The number of para-hydroxylation sites is 1. The summed E-state index contributed by atoms with van der Waals surface area (Å²) in [5.74, 6) is 0.235. The zero-order valence-electron chi connectivity index (χ0n) is 15.6. The van der Waals surface area contributed by atoms with Gasteiger partial charge in [0.2, 0.25) is 5.69 Å². The van der Waals surface area contributed by atoms with E-state index < -0.39 is 0 Å². The summed E-state index contributed by atoms with van der Waals surface area (Å²) < 4.78 is 2.23. The quantitative estimate of drug-likeness (QED) is 0.667. The number of fused-ring (bicyclic) bond motifs is 2. The summed E-state index contributed by atoms with van der Waals surface area (Å²) in [5, 5.41) is 11.7. The van der Waals surface area contributed by atoms with Crippen LogP contribution in [0.3, 0.4) is 0 Å². The molecule has 3 nitrogen and oxygen atoms in total. The number of hydrogen-bond donors (Lipinski definition) is 1. The number of benzene rings is 2. The largest absolute Gasteiger partial charge is 0.505 e. The molecule has 0 fully saturated rings. The molecule has 0 atom stereocenters. The molecule has 130 valence electrons. The lowest BCUT2D eigenvalue weighted by Crippen LogP contribution is -2.26. The van der Waals surface area contributed by atoms with E-state index in [2.05, 4.69) is 67.7 Å². The molecule has 1 aliphatic heterocycles. The maximum Gasteiger partial charge on any atom is 0.209 e. The van der Waals surface area contributed by atoms with Crippen LogP contribution in [0.25, 0.3) is 17.0 Å². The Hall–Kier alpha value is -2.94. The van der Waals surface area contributed by atoms with Crippen molar-refractivity contribution in [3.8, 4) is 5.75 Å². The minimum absolute atomic E-state index is 0.0817. The summed E-state index contributed by atoms with van der Waals surface area (Å²) in [6.07, 6.45) is 5.83. The van der Waals surface area contributed by atoms with Gasteiger partial charge >= 0.3 is 0 Å². The van der Waals surface area contributed by atoms with Gasteiger partial charge in [-0.05, 0) is 44.5 Å². The van der Waals surface area contributed by atoms with Crippen molar-refractivity contribution in [2.24, 2.45) is 0 Å². The highest BCUT2D eigenvalue weighted by Gasteiger charge is 2.42.